The highest BCUT2D eigenvalue weighted by Gasteiger charge is 2.32. The van der Waals surface area contributed by atoms with Crippen LogP contribution < -0.4 is 5.73 Å². The van der Waals surface area contributed by atoms with Crippen LogP contribution in [0.1, 0.15) is 16.2 Å². The molecular formula is C12H6F3N5OS. The van der Waals surface area contributed by atoms with E-state index in [-0.39, 0.29) is 16.5 Å². The zero-order valence-electron chi connectivity index (χ0n) is 10.6. The first kappa shape index (κ1) is 14.3. The summed E-state index contributed by atoms with van der Waals surface area (Å²) < 4.78 is 38.2. The maximum absolute atomic E-state index is 12.6. The van der Waals surface area contributed by atoms with Gasteiger partial charge in [0.25, 0.3) is 5.91 Å². The molecule has 0 unspecified atom stereocenters. The van der Waals surface area contributed by atoms with E-state index in [1.165, 1.54) is 12.3 Å². The number of carbonyl (C=O) groups is 1. The molecule has 3 rings (SSSR count). The number of aromatic nitrogens is 4. The van der Waals surface area contributed by atoms with Crippen LogP contribution in [0.25, 0.3) is 21.0 Å². The molecule has 0 bridgehead atoms. The predicted octanol–water partition coefficient (Wildman–Crippen LogP) is 2.27. The fourth-order valence-corrected chi connectivity index (χ4v) is 2.60. The van der Waals surface area contributed by atoms with E-state index >= 15 is 0 Å². The maximum atomic E-state index is 12.6. The van der Waals surface area contributed by atoms with Crippen LogP contribution in [0.15, 0.2) is 24.5 Å². The van der Waals surface area contributed by atoms with Crippen molar-refractivity contribution in [1.29, 1.82) is 0 Å². The molecule has 0 aromatic carbocycles. The minimum absolute atomic E-state index is 0.00152. The Morgan fingerprint density at radius 3 is 2.68 bits per heavy atom. The summed E-state index contributed by atoms with van der Waals surface area (Å²) in [6.07, 6.45) is -2.16. The van der Waals surface area contributed by atoms with E-state index in [4.69, 9.17) is 5.73 Å². The molecule has 0 radical (unpaired) electrons. The molecule has 0 saturated carbocycles. The molecule has 3 aromatic rings. The molecule has 0 aliphatic heterocycles. The van der Waals surface area contributed by atoms with Crippen molar-refractivity contribution in [2.75, 3.05) is 0 Å². The third kappa shape index (κ3) is 2.60. The van der Waals surface area contributed by atoms with Gasteiger partial charge in [-0.2, -0.15) is 13.2 Å². The second-order valence-corrected chi connectivity index (χ2v) is 5.21. The van der Waals surface area contributed by atoms with Gasteiger partial charge in [0, 0.05) is 6.20 Å². The number of primary amides is 1. The lowest BCUT2D eigenvalue weighted by atomic mass is 10.3. The summed E-state index contributed by atoms with van der Waals surface area (Å²) in [5.41, 5.74) is 4.42. The maximum Gasteiger partial charge on any atom is 0.433 e. The molecule has 22 heavy (non-hydrogen) atoms. The van der Waals surface area contributed by atoms with E-state index < -0.39 is 17.8 Å². The molecule has 6 nitrogen and oxygen atoms in total. The monoisotopic (exact) mass is 325 g/mol. The molecule has 0 atom stereocenters. The SMILES string of the molecule is NC(=O)c1ccnc(-c2nc3cnc(C(F)(F)F)cc3s2)n1. The summed E-state index contributed by atoms with van der Waals surface area (Å²) in [5, 5.41) is 0.277. The highest BCUT2D eigenvalue weighted by molar-refractivity contribution is 7.21. The summed E-state index contributed by atoms with van der Waals surface area (Å²) in [7, 11) is 0. The molecule has 3 heterocycles. The Labute approximate surface area is 124 Å². The van der Waals surface area contributed by atoms with Gasteiger partial charge in [0.15, 0.2) is 10.8 Å². The fraction of sp³-hybridized carbons (Fsp3) is 0.0833. The van der Waals surface area contributed by atoms with E-state index in [1.54, 1.807) is 0 Å². The molecule has 0 fully saturated rings. The lowest BCUT2D eigenvalue weighted by Gasteiger charge is -2.03. The number of nitrogens with two attached hydrogens (primary N) is 1. The minimum atomic E-state index is -4.53. The molecule has 1 amide bonds. The standard InChI is InChI=1S/C12H6F3N5OS/c13-12(14,15)8-3-7-6(4-18-8)20-11(22-7)10-17-2-1-5(19-10)9(16)21/h1-4H,(H2,16,21). The van der Waals surface area contributed by atoms with E-state index in [9.17, 15) is 18.0 Å². The topological polar surface area (TPSA) is 94.7 Å². The Morgan fingerprint density at radius 1 is 1.23 bits per heavy atom. The van der Waals surface area contributed by atoms with Crippen LogP contribution in [-0.2, 0) is 6.18 Å². The molecule has 2 N–H and O–H groups in total. The second kappa shape index (κ2) is 4.98. The summed E-state index contributed by atoms with van der Waals surface area (Å²) in [4.78, 5) is 26.4. The zero-order valence-corrected chi connectivity index (χ0v) is 11.4. The molecule has 0 aliphatic carbocycles. The van der Waals surface area contributed by atoms with Crippen molar-refractivity contribution in [3.63, 3.8) is 0 Å². The smallest absolute Gasteiger partial charge is 0.364 e. The van der Waals surface area contributed by atoms with Crippen molar-refractivity contribution in [2.45, 2.75) is 6.18 Å². The quantitative estimate of drug-likeness (QED) is 0.780. The van der Waals surface area contributed by atoms with Gasteiger partial charge >= 0.3 is 6.18 Å². The van der Waals surface area contributed by atoms with Crippen molar-refractivity contribution in [1.82, 2.24) is 19.9 Å². The second-order valence-electron chi connectivity index (χ2n) is 4.18. The Kier molecular flexibility index (Phi) is 3.24. The van der Waals surface area contributed by atoms with Gasteiger partial charge in [0.05, 0.1) is 10.9 Å². The normalized spacial score (nSPS) is 11.8. The first-order valence-corrected chi connectivity index (χ1v) is 6.63. The van der Waals surface area contributed by atoms with Crippen LogP contribution in [0.5, 0.6) is 0 Å². The first-order chi connectivity index (χ1) is 10.3. The average Bonchev–Trinajstić information content (AvgIpc) is 2.89. The number of halogens is 3. The van der Waals surface area contributed by atoms with E-state index in [0.29, 0.717) is 10.2 Å². The van der Waals surface area contributed by atoms with Gasteiger partial charge in [-0.15, -0.1) is 11.3 Å². The number of carbonyl (C=O) groups excluding carboxylic acids is 1. The highest BCUT2D eigenvalue weighted by atomic mass is 32.1. The molecule has 3 aromatic heterocycles. The van der Waals surface area contributed by atoms with Crippen LogP contribution in [0.4, 0.5) is 13.2 Å². The number of nitrogens with zero attached hydrogens (tertiary/aromatic N) is 4. The van der Waals surface area contributed by atoms with Crippen molar-refractivity contribution >= 4 is 27.5 Å². The summed E-state index contributed by atoms with van der Waals surface area (Å²) in [6.45, 7) is 0. The molecule has 10 heteroatoms. The van der Waals surface area contributed by atoms with Crippen LogP contribution in [0, 0.1) is 0 Å². The van der Waals surface area contributed by atoms with Crippen molar-refractivity contribution < 1.29 is 18.0 Å². The van der Waals surface area contributed by atoms with Crippen molar-refractivity contribution in [3.05, 3.63) is 35.9 Å². The molecule has 0 saturated heterocycles. The lowest BCUT2D eigenvalue weighted by molar-refractivity contribution is -0.141. The van der Waals surface area contributed by atoms with E-state index in [2.05, 4.69) is 19.9 Å². The lowest BCUT2D eigenvalue weighted by Crippen LogP contribution is -2.13. The Bertz CT molecular complexity index is 877. The third-order valence-corrected chi connectivity index (χ3v) is 3.68. The van der Waals surface area contributed by atoms with Gasteiger partial charge in [-0.25, -0.2) is 19.9 Å². The Morgan fingerprint density at radius 2 is 2.00 bits per heavy atom. The van der Waals surface area contributed by atoms with Crippen LogP contribution in [-0.4, -0.2) is 25.8 Å². The number of fused-ring (bicyclic) bond motifs is 1. The summed E-state index contributed by atoms with van der Waals surface area (Å²) in [6, 6.07) is 2.25. The van der Waals surface area contributed by atoms with Gasteiger partial charge < -0.3 is 5.73 Å². The Hall–Kier alpha value is -2.62. The minimum Gasteiger partial charge on any atom is -0.364 e. The number of rotatable bonds is 2. The number of alkyl halides is 3. The molecule has 0 spiro atoms. The largest absolute Gasteiger partial charge is 0.433 e. The average molecular weight is 325 g/mol. The highest BCUT2D eigenvalue weighted by Crippen LogP contribution is 2.33. The number of hydrogen-bond acceptors (Lipinski definition) is 6. The zero-order chi connectivity index (χ0) is 15.9. The predicted molar refractivity (Wildman–Crippen MR) is 72.0 cm³/mol. The van der Waals surface area contributed by atoms with Gasteiger partial charge in [0.1, 0.15) is 16.9 Å². The van der Waals surface area contributed by atoms with Gasteiger partial charge in [-0.05, 0) is 12.1 Å². The fourth-order valence-electron chi connectivity index (χ4n) is 1.68. The van der Waals surface area contributed by atoms with Gasteiger partial charge in [-0.3, -0.25) is 4.79 Å². The van der Waals surface area contributed by atoms with Crippen LogP contribution in [0.3, 0.4) is 0 Å². The Balaban J connectivity index is 2.09. The molecular weight excluding hydrogens is 319 g/mol. The van der Waals surface area contributed by atoms with Crippen molar-refractivity contribution in [2.24, 2.45) is 5.73 Å². The third-order valence-electron chi connectivity index (χ3n) is 2.66. The van der Waals surface area contributed by atoms with Crippen LogP contribution in [0.2, 0.25) is 0 Å². The van der Waals surface area contributed by atoms with Crippen molar-refractivity contribution in [3.8, 4) is 10.8 Å². The number of hydrogen-bond donors (Lipinski definition) is 1. The first-order valence-electron chi connectivity index (χ1n) is 5.81. The summed E-state index contributed by atoms with van der Waals surface area (Å²) in [5.74, 6) is -0.614. The number of amides is 1. The number of pyridine rings is 1. The van der Waals surface area contributed by atoms with Crippen LogP contribution >= 0.6 is 11.3 Å². The van der Waals surface area contributed by atoms with Gasteiger partial charge in [-0.1, -0.05) is 0 Å². The van der Waals surface area contributed by atoms with E-state index in [1.807, 2.05) is 0 Å². The molecule has 112 valence electrons. The van der Waals surface area contributed by atoms with E-state index in [0.717, 1.165) is 23.6 Å². The summed E-state index contributed by atoms with van der Waals surface area (Å²) >= 11 is 0.973. The molecule has 0 aliphatic rings. The van der Waals surface area contributed by atoms with Gasteiger partial charge in [0.2, 0.25) is 0 Å². The number of thiazole rings is 1.